The first kappa shape index (κ1) is 23.8. The first-order valence-electron chi connectivity index (χ1n) is 10.3. The number of nitrogens with zero attached hydrogens (tertiary/aromatic N) is 5. The second-order valence-electron chi connectivity index (χ2n) is 7.82. The molecule has 0 saturated carbocycles. The Hall–Kier alpha value is -2.31. The normalized spacial score (nSPS) is 18.1. The average molecular weight is 510 g/mol. The van der Waals surface area contributed by atoms with E-state index in [0.29, 0.717) is 35.2 Å². The maximum Gasteiger partial charge on any atom is 0.348 e. The van der Waals surface area contributed by atoms with Crippen molar-refractivity contribution in [2.75, 3.05) is 32.5 Å². The van der Waals surface area contributed by atoms with Gasteiger partial charge in [-0.1, -0.05) is 41.1 Å². The molecule has 1 saturated heterocycles. The van der Waals surface area contributed by atoms with Gasteiger partial charge in [-0.2, -0.15) is 4.31 Å². The molecule has 1 aliphatic rings. The molecule has 0 amide bonds. The fourth-order valence-electron chi connectivity index (χ4n) is 3.58. The number of benzene rings is 1. The minimum absolute atomic E-state index is 0.0101. The van der Waals surface area contributed by atoms with E-state index in [4.69, 9.17) is 16.3 Å². The van der Waals surface area contributed by atoms with Crippen LogP contribution in [0.5, 0.6) is 0 Å². The monoisotopic (exact) mass is 509 g/mol. The third kappa shape index (κ3) is 5.98. The number of carbonyl (C=O) groups excluding carboxylic acids is 1. The van der Waals surface area contributed by atoms with Crippen LogP contribution in [0.2, 0.25) is 5.02 Å². The van der Waals surface area contributed by atoms with Crippen molar-refractivity contribution < 1.29 is 17.9 Å². The topological polar surface area (TPSA) is 97.6 Å². The zero-order chi connectivity index (χ0) is 23.4. The van der Waals surface area contributed by atoms with Gasteiger partial charge in [0, 0.05) is 24.2 Å². The van der Waals surface area contributed by atoms with E-state index in [1.807, 2.05) is 41.6 Å². The van der Waals surface area contributed by atoms with Gasteiger partial charge in [0.15, 0.2) is 0 Å². The van der Waals surface area contributed by atoms with Crippen LogP contribution in [0.1, 0.15) is 20.9 Å². The lowest BCUT2D eigenvalue weighted by molar-refractivity contribution is 0.0463. The van der Waals surface area contributed by atoms with Crippen LogP contribution in [0.25, 0.3) is 0 Å². The van der Waals surface area contributed by atoms with E-state index in [0.717, 1.165) is 5.56 Å². The van der Waals surface area contributed by atoms with Crippen molar-refractivity contribution in [2.45, 2.75) is 19.1 Å². The smallest absolute Gasteiger partial charge is 0.348 e. The number of rotatable bonds is 9. The molecule has 0 N–H and O–H groups in total. The number of ether oxygens (including phenoxy) is 1. The molecule has 3 aromatic rings. The number of carbonyl (C=O) groups is 1. The Balaban J connectivity index is 1.30. The molecule has 0 radical (unpaired) electrons. The first-order valence-corrected chi connectivity index (χ1v) is 13.2. The van der Waals surface area contributed by atoms with Crippen molar-refractivity contribution in [3.05, 3.63) is 69.1 Å². The van der Waals surface area contributed by atoms with Crippen molar-refractivity contribution in [1.82, 2.24) is 24.2 Å². The molecule has 3 heterocycles. The predicted molar refractivity (Wildman–Crippen MR) is 126 cm³/mol. The summed E-state index contributed by atoms with van der Waals surface area (Å²) < 4.78 is 33.8. The van der Waals surface area contributed by atoms with E-state index in [9.17, 15) is 13.2 Å². The van der Waals surface area contributed by atoms with Crippen LogP contribution in [0.4, 0.5) is 0 Å². The summed E-state index contributed by atoms with van der Waals surface area (Å²) in [4.78, 5) is 14.4. The van der Waals surface area contributed by atoms with E-state index >= 15 is 0 Å². The molecular formula is C21H24ClN5O4S2. The molecule has 4 rings (SSSR count). The molecule has 33 heavy (non-hydrogen) atoms. The van der Waals surface area contributed by atoms with Crippen LogP contribution in [-0.4, -0.2) is 77.1 Å². The number of hydrogen-bond donors (Lipinski definition) is 0. The van der Waals surface area contributed by atoms with Gasteiger partial charge in [0.1, 0.15) is 11.5 Å². The number of thiophene rings is 1. The molecule has 0 bridgehead atoms. The van der Waals surface area contributed by atoms with Gasteiger partial charge in [-0.25, -0.2) is 17.9 Å². The van der Waals surface area contributed by atoms with Gasteiger partial charge >= 0.3 is 5.97 Å². The minimum Gasteiger partial charge on any atom is -0.460 e. The molecule has 1 atom stereocenters. The van der Waals surface area contributed by atoms with Crippen molar-refractivity contribution >= 4 is 38.9 Å². The van der Waals surface area contributed by atoms with Crippen molar-refractivity contribution in [3.63, 3.8) is 0 Å². The number of sulfonamides is 1. The molecule has 0 aliphatic carbocycles. The summed E-state index contributed by atoms with van der Waals surface area (Å²) in [7, 11) is -1.59. The van der Waals surface area contributed by atoms with E-state index in [1.165, 1.54) is 15.6 Å². The molecule has 12 heteroatoms. The number of hydrogen-bond acceptors (Lipinski definition) is 8. The highest BCUT2D eigenvalue weighted by Gasteiger charge is 2.38. The van der Waals surface area contributed by atoms with E-state index in [1.54, 1.807) is 23.0 Å². The lowest BCUT2D eigenvalue weighted by atomic mass is 10.2. The van der Waals surface area contributed by atoms with Gasteiger partial charge < -0.3 is 4.74 Å². The molecule has 2 aromatic heterocycles. The van der Waals surface area contributed by atoms with Crippen LogP contribution in [0, 0.1) is 0 Å². The van der Waals surface area contributed by atoms with Gasteiger partial charge in [-0.05, 0) is 30.1 Å². The molecule has 9 nitrogen and oxygen atoms in total. The highest BCUT2D eigenvalue weighted by molar-refractivity contribution is 7.89. The Morgan fingerprint density at radius 3 is 2.85 bits per heavy atom. The van der Waals surface area contributed by atoms with Gasteiger partial charge in [0.2, 0.25) is 10.0 Å². The maximum atomic E-state index is 12.7. The maximum absolute atomic E-state index is 12.7. The van der Waals surface area contributed by atoms with Gasteiger partial charge in [-0.15, -0.1) is 16.4 Å². The first-order chi connectivity index (χ1) is 15.8. The summed E-state index contributed by atoms with van der Waals surface area (Å²) in [6.45, 7) is 1.59. The third-order valence-corrected chi connectivity index (χ3v) is 8.54. The summed E-state index contributed by atoms with van der Waals surface area (Å²) in [5.41, 5.74) is 1.48. The van der Waals surface area contributed by atoms with Crippen molar-refractivity contribution in [1.29, 1.82) is 0 Å². The van der Waals surface area contributed by atoms with E-state index < -0.39 is 10.0 Å². The summed E-state index contributed by atoms with van der Waals surface area (Å²) >= 11 is 7.53. The number of likely N-dealkylation sites (N-methyl/N-ethyl adjacent to an activating group) is 1. The fourth-order valence-corrected chi connectivity index (χ4v) is 6.18. The highest BCUT2D eigenvalue weighted by atomic mass is 35.5. The Labute approximate surface area is 201 Å². The summed E-state index contributed by atoms with van der Waals surface area (Å²) in [5.74, 6) is -0.352. The standard InChI is InChI=1S/C21H24ClN5O4S2/c1-25(8-9-31-21(28)20-7-4-10-32-20)18-14-27(33(29,30)15-18)13-17-12-26(24-23-17)11-16-5-2-3-6-19(16)22/h2-7,10,12,18H,8-9,11,13-15H2,1H3. The Bertz CT molecular complexity index is 1200. The van der Waals surface area contributed by atoms with E-state index in [2.05, 4.69) is 10.3 Å². The molecular weight excluding hydrogens is 486 g/mol. The number of halogens is 1. The van der Waals surface area contributed by atoms with Crippen LogP contribution in [0.15, 0.2) is 48.0 Å². The summed E-state index contributed by atoms with van der Waals surface area (Å²) in [6, 6.07) is 10.8. The second-order valence-corrected chi connectivity index (χ2v) is 11.2. The van der Waals surface area contributed by atoms with Crippen LogP contribution >= 0.6 is 22.9 Å². The van der Waals surface area contributed by atoms with Crippen LogP contribution in [0.3, 0.4) is 0 Å². The SMILES string of the molecule is CN(CCOC(=O)c1cccs1)C1CN(Cc2cn(Cc3ccccc3Cl)nn2)S(=O)(=O)C1. The molecule has 1 aromatic carbocycles. The fraction of sp³-hybridized carbons (Fsp3) is 0.381. The number of aromatic nitrogens is 3. The zero-order valence-corrected chi connectivity index (χ0v) is 20.4. The van der Waals surface area contributed by atoms with E-state index in [-0.39, 0.29) is 30.9 Å². The predicted octanol–water partition coefficient (Wildman–Crippen LogP) is 2.34. The average Bonchev–Trinajstić information content (AvgIpc) is 3.51. The zero-order valence-electron chi connectivity index (χ0n) is 18.0. The third-order valence-electron chi connectivity index (χ3n) is 5.45. The van der Waals surface area contributed by atoms with Crippen LogP contribution in [-0.2, 0) is 27.8 Å². The minimum atomic E-state index is -3.43. The Kier molecular flexibility index (Phi) is 7.45. The lowest BCUT2D eigenvalue weighted by Gasteiger charge is -2.22. The van der Waals surface area contributed by atoms with Crippen molar-refractivity contribution in [3.8, 4) is 0 Å². The van der Waals surface area contributed by atoms with Gasteiger partial charge in [0.25, 0.3) is 0 Å². The molecule has 176 valence electrons. The Morgan fingerprint density at radius 1 is 1.27 bits per heavy atom. The largest absolute Gasteiger partial charge is 0.460 e. The van der Waals surface area contributed by atoms with Gasteiger partial charge in [0.05, 0.1) is 30.7 Å². The molecule has 1 fully saturated rings. The molecule has 0 spiro atoms. The van der Waals surface area contributed by atoms with Crippen molar-refractivity contribution in [2.24, 2.45) is 0 Å². The molecule has 1 unspecified atom stereocenters. The Morgan fingerprint density at radius 2 is 2.09 bits per heavy atom. The summed E-state index contributed by atoms with van der Waals surface area (Å²) in [5, 5.41) is 10.7. The molecule has 1 aliphatic heterocycles. The quantitative estimate of drug-likeness (QED) is 0.408. The summed E-state index contributed by atoms with van der Waals surface area (Å²) in [6.07, 6.45) is 1.74. The lowest BCUT2D eigenvalue weighted by Crippen LogP contribution is -2.38. The van der Waals surface area contributed by atoms with Crippen LogP contribution < -0.4 is 0 Å². The second kappa shape index (κ2) is 10.3. The highest BCUT2D eigenvalue weighted by Crippen LogP contribution is 2.21. The van der Waals surface area contributed by atoms with Gasteiger partial charge in [-0.3, -0.25) is 4.90 Å². The number of esters is 1.